The molecule has 0 radical (unpaired) electrons. The van der Waals surface area contributed by atoms with E-state index in [-0.39, 0.29) is 23.0 Å². The van der Waals surface area contributed by atoms with E-state index in [1.807, 2.05) is 0 Å². The van der Waals surface area contributed by atoms with E-state index < -0.39 is 20.0 Å². The lowest BCUT2D eigenvalue weighted by molar-refractivity contribution is 0.574. The zero-order chi connectivity index (χ0) is 16.1. The lowest BCUT2D eigenvalue weighted by Crippen LogP contribution is -2.29. The Kier molecular flexibility index (Phi) is 6.16. The van der Waals surface area contributed by atoms with E-state index in [0.717, 1.165) is 12.5 Å². The highest BCUT2D eigenvalue weighted by molar-refractivity contribution is 7.89. The third-order valence-corrected chi connectivity index (χ3v) is 4.69. The second kappa shape index (κ2) is 7.22. The summed E-state index contributed by atoms with van der Waals surface area (Å²) in [4.78, 5) is 3.91. The van der Waals surface area contributed by atoms with Gasteiger partial charge >= 0.3 is 0 Å². The van der Waals surface area contributed by atoms with Gasteiger partial charge in [0.15, 0.2) is 0 Å². The minimum atomic E-state index is -3.69. The van der Waals surface area contributed by atoms with E-state index in [0.29, 0.717) is 12.1 Å². The number of rotatable bonds is 8. The van der Waals surface area contributed by atoms with Crippen molar-refractivity contribution < 1.29 is 16.8 Å². The van der Waals surface area contributed by atoms with Crippen molar-refractivity contribution >= 4 is 37.3 Å². The smallest absolute Gasteiger partial charge is 0.242 e. The normalized spacial score (nSPS) is 12.2. The maximum Gasteiger partial charge on any atom is 0.242 e. The van der Waals surface area contributed by atoms with Crippen molar-refractivity contribution in [2.24, 2.45) is 5.73 Å². The van der Waals surface area contributed by atoms with Crippen molar-refractivity contribution in [3.05, 3.63) is 24.0 Å². The Morgan fingerprint density at radius 3 is 2.33 bits per heavy atom. The molecule has 21 heavy (non-hydrogen) atoms. The molecule has 0 saturated heterocycles. The van der Waals surface area contributed by atoms with Crippen molar-refractivity contribution in [1.29, 1.82) is 0 Å². The minimum absolute atomic E-state index is 0.0152. The van der Waals surface area contributed by atoms with Crippen LogP contribution in [0.2, 0.25) is 0 Å². The number of hydrogen-bond acceptors (Lipinski definition) is 6. The Bertz CT molecular complexity index is 698. The van der Waals surface area contributed by atoms with E-state index in [9.17, 15) is 16.8 Å². The van der Waals surface area contributed by atoms with Crippen molar-refractivity contribution in [2.75, 3.05) is 19.3 Å². The third kappa shape index (κ3) is 6.44. The van der Waals surface area contributed by atoms with Gasteiger partial charge in [0, 0.05) is 19.3 Å². The summed E-state index contributed by atoms with van der Waals surface area (Å²) in [6, 6.07) is 2.76. The Morgan fingerprint density at radius 2 is 1.86 bits per heavy atom. The van der Waals surface area contributed by atoms with Crippen LogP contribution in [0.3, 0.4) is 0 Å². The molecule has 0 aromatic carbocycles. The molecule has 8 nitrogen and oxygen atoms in total. The number of thiocarbonyl (C=S) groups is 1. The van der Waals surface area contributed by atoms with Crippen LogP contribution in [0.25, 0.3) is 0 Å². The predicted molar refractivity (Wildman–Crippen MR) is 82.8 cm³/mol. The first-order valence-electron chi connectivity index (χ1n) is 5.82. The topological polar surface area (TPSA) is 131 Å². The summed E-state index contributed by atoms with van der Waals surface area (Å²) in [5.41, 5.74) is 5.70. The van der Waals surface area contributed by atoms with Crippen LogP contribution in [0.4, 0.5) is 0 Å². The SMILES string of the molecule is CS(=O)(=O)NCCCNS(=O)(=O)c1ccc(C(N)=S)nc1. The summed E-state index contributed by atoms with van der Waals surface area (Å²) in [5, 5.41) is 0. The molecule has 0 atom stereocenters. The largest absolute Gasteiger partial charge is 0.388 e. The van der Waals surface area contributed by atoms with E-state index in [2.05, 4.69) is 14.4 Å². The number of nitrogens with zero attached hydrogens (tertiary/aromatic N) is 1. The fourth-order valence-corrected chi connectivity index (χ4v) is 2.98. The molecule has 0 aliphatic rings. The Labute approximate surface area is 129 Å². The van der Waals surface area contributed by atoms with Crippen LogP contribution >= 0.6 is 12.2 Å². The molecule has 11 heteroatoms. The van der Waals surface area contributed by atoms with E-state index in [1.54, 1.807) is 0 Å². The first-order valence-corrected chi connectivity index (χ1v) is 9.60. The quantitative estimate of drug-likeness (QED) is 0.401. The van der Waals surface area contributed by atoms with Crippen LogP contribution in [0.5, 0.6) is 0 Å². The van der Waals surface area contributed by atoms with Crippen LogP contribution in [-0.4, -0.2) is 46.2 Å². The summed E-state index contributed by atoms with van der Waals surface area (Å²) in [7, 11) is -6.96. The van der Waals surface area contributed by atoms with Gasteiger partial charge in [-0.05, 0) is 18.6 Å². The summed E-state index contributed by atoms with van der Waals surface area (Å²) >= 11 is 4.72. The molecule has 1 aromatic rings. The Hall–Kier alpha value is -1.14. The summed E-state index contributed by atoms with van der Waals surface area (Å²) in [6.45, 7) is 0.252. The van der Waals surface area contributed by atoms with E-state index in [4.69, 9.17) is 18.0 Å². The van der Waals surface area contributed by atoms with Gasteiger partial charge in [-0.1, -0.05) is 12.2 Å². The van der Waals surface area contributed by atoms with E-state index in [1.165, 1.54) is 12.1 Å². The first-order chi connectivity index (χ1) is 9.62. The second-order valence-electron chi connectivity index (χ2n) is 4.16. The maximum absolute atomic E-state index is 11.9. The molecule has 0 bridgehead atoms. The summed E-state index contributed by atoms with van der Waals surface area (Å²) < 4.78 is 50.1. The molecule has 0 fully saturated rings. The number of aromatic nitrogens is 1. The molecule has 0 spiro atoms. The van der Waals surface area contributed by atoms with Crippen molar-refractivity contribution in [3.63, 3.8) is 0 Å². The van der Waals surface area contributed by atoms with Crippen molar-refractivity contribution in [2.45, 2.75) is 11.3 Å². The molecule has 0 saturated carbocycles. The van der Waals surface area contributed by atoms with Gasteiger partial charge < -0.3 is 5.73 Å². The molecule has 0 aliphatic heterocycles. The second-order valence-corrected chi connectivity index (χ2v) is 8.20. The molecule has 0 unspecified atom stereocenters. The number of sulfonamides is 2. The van der Waals surface area contributed by atoms with Crippen LogP contribution in [-0.2, 0) is 20.0 Å². The number of nitrogens with two attached hydrogens (primary N) is 1. The fraction of sp³-hybridized carbons (Fsp3) is 0.400. The first kappa shape index (κ1) is 17.9. The Balaban J connectivity index is 2.55. The van der Waals surface area contributed by atoms with Crippen LogP contribution < -0.4 is 15.2 Å². The standard InChI is InChI=1S/C10H16N4O4S3/c1-20(15,16)13-5-2-6-14-21(17,18)8-3-4-9(10(11)19)12-7-8/h3-4,7,13-14H,2,5-6H2,1H3,(H2,11,19). The minimum Gasteiger partial charge on any atom is -0.388 e. The fourth-order valence-electron chi connectivity index (χ4n) is 1.32. The number of hydrogen-bond donors (Lipinski definition) is 3. The zero-order valence-electron chi connectivity index (χ0n) is 11.2. The molecular weight excluding hydrogens is 336 g/mol. The van der Waals surface area contributed by atoms with E-state index >= 15 is 0 Å². The molecule has 0 aliphatic carbocycles. The molecule has 1 aromatic heterocycles. The summed E-state index contributed by atoms with van der Waals surface area (Å²) in [5.74, 6) is 0. The monoisotopic (exact) mass is 352 g/mol. The van der Waals surface area contributed by atoms with Gasteiger partial charge in [-0.2, -0.15) is 0 Å². The molecule has 4 N–H and O–H groups in total. The molecule has 1 rings (SSSR count). The zero-order valence-corrected chi connectivity index (χ0v) is 13.7. The van der Waals surface area contributed by atoms with Crippen LogP contribution in [0.15, 0.2) is 23.2 Å². The van der Waals surface area contributed by atoms with Crippen molar-refractivity contribution in [1.82, 2.24) is 14.4 Å². The summed E-state index contributed by atoms with van der Waals surface area (Å²) in [6.07, 6.45) is 2.52. The molecule has 0 amide bonds. The van der Waals surface area contributed by atoms with Crippen molar-refractivity contribution in [3.8, 4) is 0 Å². The van der Waals surface area contributed by atoms with Gasteiger partial charge in [0.25, 0.3) is 0 Å². The van der Waals surface area contributed by atoms with Gasteiger partial charge in [-0.25, -0.2) is 26.3 Å². The lowest BCUT2D eigenvalue weighted by atomic mass is 10.3. The van der Waals surface area contributed by atoms with Crippen LogP contribution in [0, 0.1) is 0 Å². The van der Waals surface area contributed by atoms with Gasteiger partial charge in [0.05, 0.1) is 11.9 Å². The maximum atomic E-state index is 11.9. The average Bonchev–Trinajstić information content (AvgIpc) is 2.37. The molecular formula is C10H16N4O4S3. The highest BCUT2D eigenvalue weighted by Crippen LogP contribution is 2.07. The highest BCUT2D eigenvalue weighted by Gasteiger charge is 2.14. The lowest BCUT2D eigenvalue weighted by Gasteiger charge is -2.07. The number of pyridine rings is 1. The molecule has 1 heterocycles. The van der Waals surface area contributed by atoms with Gasteiger partial charge in [-0.3, -0.25) is 4.98 Å². The van der Waals surface area contributed by atoms with Crippen LogP contribution in [0.1, 0.15) is 12.1 Å². The van der Waals surface area contributed by atoms with Gasteiger partial charge in [0.1, 0.15) is 9.88 Å². The number of nitrogens with one attached hydrogen (secondary N) is 2. The van der Waals surface area contributed by atoms with Gasteiger partial charge in [0.2, 0.25) is 20.0 Å². The molecule has 118 valence electrons. The highest BCUT2D eigenvalue weighted by atomic mass is 32.2. The predicted octanol–water partition coefficient (Wildman–Crippen LogP) is -1.07. The third-order valence-electron chi connectivity index (χ3n) is 2.31. The van der Waals surface area contributed by atoms with Gasteiger partial charge in [-0.15, -0.1) is 0 Å². The Morgan fingerprint density at radius 1 is 1.24 bits per heavy atom. The average molecular weight is 352 g/mol.